The van der Waals surface area contributed by atoms with Gasteiger partial charge in [-0.3, -0.25) is 4.79 Å². The molecule has 1 heterocycles. The molecule has 0 saturated carbocycles. The lowest BCUT2D eigenvalue weighted by molar-refractivity contribution is 0.0737. The molecule has 5 heteroatoms. The summed E-state index contributed by atoms with van der Waals surface area (Å²) in [6, 6.07) is 11.2. The Kier molecular flexibility index (Phi) is 5.90. The third-order valence-corrected chi connectivity index (χ3v) is 3.98. The summed E-state index contributed by atoms with van der Waals surface area (Å²) < 4.78 is 10.7. The molecule has 2 rings (SSSR count). The van der Waals surface area contributed by atoms with E-state index in [9.17, 15) is 4.79 Å². The Bertz CT molecular complexity index is 569. The quantitative estimate of drug-likeness (QED) is 0.795. The SMILES string of the molecule is CCSc1ccccc1C(=O)NCC(OC)c1ccco1. The van der Waals surface area contributed by atoms with Gasteiger partial charge >= 0.3 is 0 Å². The summed E-state index contributed by atoms with van der Waals surface area (Å²) in [5, 5.41) is 2.90. The first-order valence-corrected chi connectivity index (χ1v) is 7.81. The van der Waals surface area contributed by atoms with Crippen LogP contribution in [0.15, 0.2) is 52.0 Å². The smallest absolute Gasteiger partial charge is 0.252 e. The number of ether oxygens (including phenoxy) is 1. The van der Waals surface area contributed by atoms with Gasteiger partial charge in [0.1, 0.15) is 11.9 Å². The van der Waals surface area contributed by atoms with Gasteiger partial charge in [0.2, 0.25) is 0 Å². The number of rotatable bonds is 7. The van der Waals surface area contributed by atoms with Crippen LogP contribution in [0.2, 0.25) is 0 Å². The van der Waals surface area contributed by atoms with E-state index < -0.39 is 0 Å². The lowest BCUT2D eigenvalue weighted by atomic mass is 10.2. The molecular weight excluding hydrogens is 286 g/mol. The first kappa shape index (κ1) is 15.7. The molecule has 4 nitrogen and oxygen atoms in total. The number of nitrogens with one attached hydrogen (secondary N) is 1. The zero-order valence-corrected chi connectivity index (χ0v) is 13.0. The highest BCUT2D eigenvalue weighted by Crippen LogP contribution is 2.22. The molecule has 112 valence electrons. The molecule has 1 atom stereocenters. The molecule has 0 bridgehead atoms. The van der Waals surface area contributed by atoms with E-state index in [0.29, 0.717) is 17.9 Å². The van der Waals surface area contributed by atoms with E-state index >= 15 is 0 Å². The predicted molar refractivity (Wildman–Crippen MR) is 83.6 cm³/mol. The number of carbonyl (C=O) groups is 1. The van der Waals surface area contributed by atoms with Gasteiger partial charge in [0.05, 0.1) is 18.4 Å². The van der Waals surface area contributed by atoms with E-state index in [4.69, 9.17) is 9.15 Å². The Balaban J connectivity index is 2.01. The third-order valence-electron chi connectivity index (χ3n) is 3.02. The Morgan fingerprint density at radius 3 is 2.81 bits per heavy atom. The zero-order valence-electron chi connectivity index (χ0n) is 12.2. The van der Waals surface area contributed by atoms with E-state index in [0.717, 1.165) is 10.6 Å². The van der Waals surface area contributed by atoms with Gasteiger partial charge in [-0.25, -0.2) is 0 Å². The number of benzene rings is 1. The van der Waals surface area contributed by atoms with Crippen molar-refractivity contribution in [2.75, 3.05) is 19.4 Å². The molecule has 21 heavy (non-hydrogen) atoms. The average molecular weight is 305 g/mol. The van der Waals surface area contributed by atoms with Crippen molar-refractivity contribution in [3.63, 3.8) is 0 Å². The van der Waals surface area contributed by atoms with Crippen LogP contribution in [0.3, 0.4) is 0 Å². The van der Waals surface area contributed by atoms with Crippen molar-refractivity contribution in [3.8, 4) is 0 Å². The highest BCUT2D eigenvalue weighted by molar-refractivity contribution is 7.99. The van der Waals surface area contributed by atoms with E-state index in [1.165, 1.54) is 0 Å². The molecule has 0 radical (unpaired) electrons. The largest absolute Gasteiger partial charge is 0.467 e. The standard InChI is InChI=1S/C16H19NO3S/c1-3-21-15-9-5-4-7-12(15)16(18)17-11-14(19-2)13-8-6-10-20-13/h4-10,14H,3,11H2,1-2H3,(H,17,18). The van der Waals surface area contributed by atoms with Gasteiger partial charge in [0, 0.05) is 12.0 Å². The number of furan rings is 1. The zero-order chi connectivity index (χ0) is 15.1. The average Bonchev–Trinajstić information content (AvgIpc) is 3.03. The van der Waals surface area contributed by atoms with Crippen molar-refractivity contribution < 1.29 is 13.9 Å². The highest BCUT2D eigenvalue weighted by Gasteiger charge is 2.16. The number of amides is 1. The second-order valence-electron chi connectivity index (χ2n) is 4.38. The molecule has 1 aromatic carbocycles. The number of thioether (sulfide) groups is 1. The molecule has 1 amide bonds. The second-order valence-corrected chi connectivity index (χ2v) is 5.68. The lowest BCUT2D eigenvalue weighted by Gasteiger charge is -2.14. The summed E-state index contributed by atoms with van der Waals surface area (Å²) in [7, 11) is 1.60. The fourth-order valence-corrected chi connectivity index (χ4v) is 2.79. The number of methoxy groups -OCH3 is 1. The van der Waals surface area contributed by atoms with E-state index in [-0.39, 0.29) is 12.0 Å². The molecule has 1 N–H and O–H groups in total. The summed E-state index contributed by atoms with van der Waals surface area (Å²) in [6.07, 6.45) is 1.31. The van der Waals surface area contributed by atoms with Gasteiger partial charge in [-0.05, 0) is 30.0 Å². The summed E-state index contributed by atoms with van der Waals surface area (Å²) in [5.74, 6) is 1.53. The van der Waals surface area contributed by atoms with Crippen molar-refractivity contribution in [1.82, 2.24) is 5.32 Å². The molecule has 2 aromatic rings. The first-order chi connectivity index (χ1) is 10.3. The molecule has 1 unspecified atom stereocenters. The van der Waals surface area contributed by atoms with Gasteiger partial charge in [0.15, 0.2) is 0 Å². The topological polar surface area (TPSA) is 51.5 Å². The van der Waals surface area contributed by atoms with Crippen LogP contribution in [0.25, 0.3) is 0 Å². The molecular formula is C16H19NO3S. The van der Waals surface area contributed by atoms with Crippen molar-refractivity contribution in [2.45, 2.75) is 17.9 Å². The van der Waals surface area contributed by atoms with E-state index in [1.807, 2.05) is 30.3 Å². The maximum absolute atomic E-state index is 12.3. The summed E-state index contributed by atoms with van der Waals surface area (Å²) in [5.41, 5.74) is 0.693. The summed E-state index contributed by atoms with van der Waals surface area (Å²) in [6.45, 7) is 2.44. The molecule has 1 aromatic heterocycles. The summed E-state index contributed by atoms with van der Waals surface area (Å²) in [4.78, 5) is 13.3. The lowest BCUT2D eigenvalue weighted by Crippen LogP contribution is -2.29. The minimum atomic E-state index is -0.282. The maximum atomic E-state index is 12.3. The van der Waals surface area contributed by atoms with Gasteiger partial charge in [-0.15, -0.1) is 11.8 Å². The van der Waals surface area contributed by atoms with E-state index in [1.54, 1.807) is 31.2 Å². The van der Waals surface area contributed by atoms with Crippen LogP contribution in [0.4, 0.5) is 0 Å². The molecule has 0 saturated heterocycles. The fraction of sp³-hybridized carbons (Fsp3) is 0.312. The second kappa shape index (κ2) is 7.90. The van der Waals surface area contributed by atoms with Crippen LogP contribution < -0.4 is 5.32 Å². The molecule has 0 aliphatic heterocycles. The Morgan fingerprint density at radius 1 is 1.33 bits per heavy atom. The van der Waals surface area contributed by atoms with Crippen LogP contribution in [0.1, 0.15) is 29.1 Å². The molecule has 0 fully saturated rings. The van der Waals surface area contributed by atoms with Gasteiger partial charge in [-0.2, -0.15) is 0 Å². The number of hydrogen-bond acceptors (Lipinski definition) is 4. The van der Waals surface area contributed by atoms with Crippen LogP contribution in [-0.4, -0.2) is 25.3 Å². The minimum absolute atomic E-state index is 0.0971. The number of carbonyl (C=O) groups excluding carboxylic acids is 1. The fourth-order valence-electron chi connectivity index (χ4n) is 1.99. The van der Waals surface area contributed by atoms with Crippen LogP contribution in [0.5, 0.6) is 0 Å². The highest BCUT2D eigenvalue weighted by atomic mass is 32.2. The van der Waals surface area contributed by atoms with Gasteiger partial charge in [-0.1, -0.05) is 19.1 Å². The number of hydrogen-bond donors (Lipinski definition) is 1. The van der Waals surface area contributed by atoms with Crippen molar-refractivity contribution in [1.29, 1.82) is 0 Å². The van der Waals surface area contributed by atoms with Crippen LogP contribution >= 0.6 is 11.8 Å². The molecule has 0 spiro atoms. The monoisotopic (exact) mass is 305 g/mol. The van der Waals surface area contributed by atoms with Crippen molar-refractivity contribution in [3.05, 3.63) is 54.0 Å². The Labute approximate surface area is 128 Å². The van der Waals surface area contributed by atoms with Crippen LogP contribution in [-0.2, 0) is 4.74 Å². The Hall–Kier alpha value is -1.72. The normalized spacial score (nSPS) is 12.1. The third kappa shape index (κ3) is 4.12. The predicted octanol–water partition coefficient (Wildman–Crippen LogP) is 3.51. The molecule has 0 aliphatic carbocycles. The first-order valence-electron chi connectivity index (χ1n) is 6.82. The van der Waals surface area contributed by atoms with Gasteiger partial charge < -0.3 is 14.5 Å². The minimum Gasteiger partial charge on any atom is -0.467 e. The van der Waals surface area contributed by atoms with Crippen molar-refractivity contribution in [2.24, 2.45) is 0 Å². The molecule has 0 aliphatic rings. The van der Waals surface area contributed by atoms with Crippen LogP contribution in [0, 0.1) is 0 Å². The van der Waals surface area contributed by atoms with E-state index in [2.05, 4.69) is 12.2 Å². The summed E-state index contributed by atoms with van der Waals surface area (Å²) >= 11 is 1.66. The van der Waals surface area contributed by atoms with Gasteiger partial charge in [0.25, 0.3) is 5.91 Å². The maximum Gasteiger partial charge on any atom is 0.252 e. The Morgan fingerprint density at radius 2 is 2.14 bits per heavy atom. The van der Waals surface area contributed by atoms with Crippen molar-refractivity contribution >= 4 is 17.7 Å².